The highest BCUT2D eigenvalue weighted by Crippen LogP contribution is 2.50. The fraction of sp³-hybridized carbons (Fsp3) is 0.577. The van der Waals surface area contributed by atoms with Crippen LogP contribution in [0, 0.1) is 19.3 Å². The molecule has 3 rings (SSSR count). The van der Waals surface area contributed by atoms with Gasteiger partial charge in [-0.3, -0.25) is 0 Å². The molecule has 1 aromatic heterocycles. The average Bonchev–Trinajstić information content (AvgIpc) is 3.48. The van der Waals surface area contributed by atoms with Gasteiger partial charge in [0.1, 0.15) is 11.5 Å². The Morgan fingerprint density at radius 2 is 1.70 bits per heavy atom. The summed E-state index contributed by atoms with van der Waals surface area (Å²) < 4.78 is 17.4. The zero-order chi connectivity index (χ0) is 22.1. The third kappa shape index (κ3) is 4.58. The maximum absolute atomic E-state index is 6.40. The maximum Gasteiger partial charge on any atom is 0.217 e. The van der Waals surface area contributed by atoms with Gasteiger partial charge in [0.25, 0.3) is 0 Å². The van der Waals surface area contributed by atoms with Gasteiger partial charge in [0, 0.05) is 22.2 Å². The van der Waals surface area contributed by atoms with E-state index in [0.29, 0.717) is 11.8 Å². The highest BCUT2D eigenvalue weighted by molar-refractivity contribution is 5.45. The molecule has 0 saturated heterocycles. The van der Waals surface area contributed by atoms with Crippen molar-refractivity contribution in [1.82, 2.24) is 4.98 Å². The molecule has 4 nitrogen and oxygen atoms in total. The lowest BCUT2D eigenvalue weighted by atomic mass is 9.88. The van der Waals surface area contributed by atoms with Gasteiger partial charge in [-0.2, -0.15) is 0 Å². The monoisotopic (exact) mass is 411 g/mol. The van der Waals surface area contributed by atoms with Gasteiger partial charge in [-0.05, 0) is 74.3 Å². The minimum Gasteiger partial charge on any atom is -0.497 e. The fourth-order valence-corrected chi connectivity index (χ4v) is 4.36. The molecule has 30 heavy (non-hydrogen) atoms. The maximum atomic E-state index is 6.40. The summed E-state index contributed by atoms with van der Waals surface area (Å²) in [6.45, 7) is 13.9. The van der Waals surface area contributed by atoms with Crippen LogP contribution in [0.4, 0.5) is 0 Å². The van der Waals surface area contributed by atoms with Crippen LogP contribution in [0.2, 0.25) is 0 Å². The first-order chi connectivity index (χ1) is 14.2. The largest absolute Gasteiger partial charge is 0.497 e. The predicted molar refractivity (Wildman–Crippen MR) is 122 cm³/mol. The molecule has 1 fully saturated rings. The van der Waals surface area contributed by atoms with Crippen LogP contribution in [0.15, 0.2) is 18.2 Å². The number of hydrogen-bond donors (Lipinski definition) is 0. The quantitative estimate of drug-likeness (QED) is 0.481. The molecule has 1 aliphatic carbocycles. The van der Waals surface area contributed by atoms with Gasteiger partial charge in [0.2, 0.25) is 5.88 Å². The Labute approximate surface area is 182 Å². The lowest BCUT2D eigenvalue weighted by Gasteiger charge is -2.24. The van der Waals surface area contributed by atoms with E-state index in [1.807, 2.05) is 12.1 Å². The molecule has 0 atom stereocenters. The minimum atomic E-state index is 0.203. The summed E-state index contributed by atoms with van der Waals surface area (Å²) in [5.41, 5.74) is 6.39. The Morgan fingerprint density at radius 1 is 1.00 bits per heavy atom. The molecular weight excluding hydrogens is 374 g/mol. The zero-order valence-corrected chi connectivity index (χ0v) is 19.9. The van der Waals surface area contributed by atoms with Crippen LogP contribution in [0.1, 0.15) is 80.3 Å². The van der Waals surface area contributed by atoms with Crippen molar-refractivity contribution in [3.63, 3.8) is 0 Å². The van der Waals surface area contributed by atoms with Gasteiger partial charge in [-0.25, -0.2) is 4.98 Å². The van der Waals surface area contributed by atoms with Crippen LogP contribution in [-0.2, 0) is 6.42 Å². The number of aromatic nitrogens is 1. The van der Waals surface area contributed by atoms with Crippen LogP contribution in [-0.4, -0.2) is 25.8 Å². The molecule has 1 aliphatic rings. The van der Waals surface area contributed by atoms with E-state index in [-0.39, 0.29) is 5.41 Å². The normalized spacial score (nSPS) is 14.9. The Morgan fingerprint density at radius 3 is 2.23 bits per heavy atom. The lowest BCUT2D eigenvalue weighted by molar-refractivity contribution is 0.230. The fourth-order valence-electron chi connectivity index (χ4n) is 4.36. The molecule has 0 radical (unpaired) electrons. The third-order valence-corrected chi connectivity index (χ3v) is 6.45. The first kappa shape index (κ1) is 22.5. The Kier molecular flexibility index (Phi) is 6.64. The number of rotatable bonds is 9. The summed E-state index contributed by atoms with van der Waals surface area (Å²) in [6.07, 6.45) is 3.40. The van der Waals surface area contributed by atoms with Crippen molar-refractivity contribution < 1.29 is 14.2 Å². The van der Waals surface area contributed by atoms with Crippen molar-refractivity contribution in [1.29, 1.82) is 0 Å². The van der Waals surface area contributed by atoms with Gasteiger partial charge in [-0.1, -0.05) is 27.7 Å². The van der Waals surface area contributed by atoms with E-state index in [1.165, 1.54) is 35.1 Å². The first-order valence-corrected chi connectivity index (χ1v) is 11.1. The van der Waals surface area contributed by atoms with E-state index < -0.39 is 0 Å². The molecule has 0 amide bonds. The first-order valence-electron chi connectivity index (χ1n) is 11.1. The highest BCUT2D eigenvalue weighted by Gasteiger charge is 2.44. The number of hydrogen-bond acceptors (Lipinski definition) is 4. The second-order valence-electron chi connectivity index (χ2n) is 9.40. The third-order valence-electron chi connectivity index (χ3n) is 6.45. The van der Waals surface area contributed by atoms with Crippen molar-refractivity contribution in [3.05, 3.63) is 46.1 Å². The van der Waals surface area contributed by atoms with Crippen LogP contribution < -0.4 is 14.2 Å². The van der Waals surface area contributed by atoms with Crippen molar-refractivity contribution in [2.45, 2.75) is 72.6 Å². The van der Waals surface area contributed by atoms with Gasteiger partial charge < -0.3 is 14.2 Å². The van der Waals surface area contributed by atoms with E-state index in [2.05, 4.69) is 47.6 Å². The van der Waals surface area contributed by atoms with Crippen LogP contribution in [0.3, 0.4) is 0 Å². The van der Waals surface area contributed by atoms with E-state index in [9.17, 15) is 0 Å². The lowest BCUT2D eigenvalue weighted by Crippen LogP contribution is -2.19. The SMILES string of the molecule is COc1ccc(OCC2(Cc3c(C)nc(OC)c(C(C)C)c3C)CC2)c(C(C)C)c1. The molecule has 0 aliphatic heterocycles. The molecule has 0 bridgehead atoms. The Balaban J connectivity index is 1.82. The number of methoxy groups -OCH3 is 2. The number of nitrogens with zero attached hydrogens (tertiary/aromatic N) is 1. The molecule has 1 heterocycles. The molecular formula is C26H37NO3. The van der Waals surface area contributed by atoms with Gasteiger partial charge >= 0.3 is 0 Å². The molecule has 2 aromatic rings. The van der Waals surface area contributed by atoms with Crippen molar-refractivity contribution in [2.75, 3.05) is 20.8 Å². The minimum absolute atomic E-state index is 0.203. The van der Waals surface area contributed by atoms with Crippen molar-refractivity contribution in [3.8, 4) is 17.4 Å². The molecule has 0 spiro atoms. The summed E-state index contributed by atoms with van der Waals surface area (Å²) in [5.74, 6) is 3.38. The molecule has 1 aromatic carbocycles. The van der Waals surface area contributed by atoms with Crippen molar-refractivity contribution in [2.24, 2.45) is 5.41 Å². The second-order valence-corrected chi connectivity index (χ2v) is 9.40. The Bertz CT molecular complexity index is 898. The summed E-state index contributed by atoms with van der Waals surface area (Å²) in [6, 6.07) is 6.13. The molecule has 4 heteroatoms. The van der Waals surface area contributed by atoms with Gasteiger partial charge in [0.05, 0.1) is 20.8 Å². The number of benzene rings is 1. The Hall–Kier alpha value is -2.23. The second kappa shape index (κ2) is 8.87. The topological polar surface area (TPSA) is 40.6 Å². The molecule has 164 valence electrons. The molecule has 0 N–H and O–H groups in total. The summed E-state index contributed by atoms with van der Waals surface area (Å²) in [5, 5.41) is 0. The van der Waals surface area contributed by atoms with E-state index in [0.717, 1.165) is 36.1 Å². The average molecular weight is 412 g/mol. The van der Waals surface area contributed by atoms with Crippen LogP contribution in [0.5, 0.6) is 17.4 Å². The van der Waals surface area contributed by atoms with Gasteiger partial charge in [0.15, 0.2) is 0 Å². The summed E-state index contributed by atoms with van der Waals surface area (Å²) >= 11 is 0. The van der Waals surface area contributed by atoms with E-state index in [4.69, 9.17) is 19.2 Å². The predicted octanol–water partition coefficient (Wildman–Crippen LogP) is 6.36. The smallest absolute Gasteiger partial charge is 0.217 e. The highest BCUT2D eigenvalue weighted by atomic mass is 16.5. The zero-order valence-electron chi connectivity index (χ0n) is 19.9. The van der Waals surface area contributed by atoms with Crippen molar-refractivity contribution >= 4 is 0 Å². The van der Waals surface area contributed by atoms with Gasteiger partial charge in [-0.15, -0.1) is 0 Å². The number of pyridine rings is 1. The molecule has 0 unspecified atom stereocenters. The molecule has 1 saturated carbocycles. The van der Waals surface area contributed by atoms with E-state index >= 15 is 0 Å². The van der Waals surface area contributed by atoms with Crippen LogP contribution in [0.25, 0.3) is 0 Å². The summed E-state index contributed by atoms with van der Waals surface area (Å²) in [7, 11) is 3.42. The van der Waals surface area contributed by atoms with Crippen LogP contribution >= 0.6 is 0 Å². The van der Waals surface area contributed by atoms with E-state index in [1.54, 1.807) is 14.2 Å². The standard InChI is InChI=1S/C26H37NO3/c1-16(2)21-13-20(28-7)9-10-23(21)30-15-26(11-12-26)14-22-18(5)24(17(3)4)25(29-8)27-19(22)6/h9-10,13,16-17H,11-12,14-15H2,1-8H3. The number of ether oxygens (including phenoxy) is 3. The number of aryl methyl sites for hydroxylation is 1. The summed E-state index contributed by atoms with van der Waals surface area (Å²) in [4.78, 5) is 4.78.